The van der Waals surface area contributed by atoms with Crippen LogP contribution in [0.5, 0.6) is 11.5 Å². The summed E-state index contributed by atoms with van der Waals surface area (Å²) in [6.45, 7) is 5.64. The lowest BCUT2D eigenvalue weighted by atomic mass is 10.1. The summed E-state index contributed by atoms with van der Waals surface area (Å²) in [5.74, 6) is 1.46. The van der Waals surface area contributed by atoms with Crippen LogP contribution in [0.3, 0.4) is 0 Å². The second kappa shape index (κ2) is 17.0. The summed E-state index contributed by atoms with van der Waals surface area (Å²) in [6.07, 6.45) is 0. The van der Waals surface area contributed by atoms with Crippen molar-refractivity contribution < 1.29 is 26.3 Å². The number of nitrogens with zero attached hydrogens (tertiary/aromatic N) is 3. The predicted molar refractivity (Wildman–Crippen MR) is 191 cm³/mol. The normalized spacial score (nSPS) is 11.8. The maximum Gasteiger partial charge on any atom is 0.243 e. The Hall–Kier alpha value is -3.78. The van der Waals surface area contributed by atoms with E-state index < -0.39 is 20.0 Å². The van der Waals surface area contributed by atoms with Crippen LogP contribution in [0.15, 0.2) is 94.7 Å². The quantitative estimate of drug-likeness (QED) is 0.203. The van der Waals surface area contributed by atoms with Crippen LogP contribution in [0.1, 0.15) is 33.4 Å². The Bertz CT molecular complexity index is 1810. The number of hydrogen-bond acceptors (Lipinski definition) is 8. The number of primary sulfonamides is 1. The highest BCUT2D eigenvalue weighted by atomic mass is 32.2. The fraction of sp³-hybridized carbons (Fsp3) is 0.333. The van der Waals surface area contributed by atoms with Crippen molar-refractivity contribution in [3.63, 3.8) is 0 Å². The van der Waals surface area contributed by atoms with E-state index in [0.717, 1.165) is 44.9 Å². The Morgan fingerprint density at radius 3 is 1.27 bits per heavy atom. The molecule has 12 heteroatoms. The zero-order chi connectivity index (χ0) is 35.6. The van der Waals surface area contributed by atoms with E-state index in [-0.39, 0.29) is 18.0 Å². The molecule has 0 atom stereocenters. The van der Waals surface area contributed by atoms with Crippen LogP contribution in [-0.4, -0.2) is 73.4 Å². The molecular formula is C36H48N4O6S2. The molecule has 0 aliphatic rings. The Morgan fingerprint density at radius 1 is 0.542 bits per heavy atom. The lowest BCUT2D eigenvalue weighted by Crippen LogP contribution is -2.30. The van der Waals surface area contributed by atoms with Gasteiger partial charge in [0.2, 0.25) is 20.0 Å². The monoisotopic (exact) mass is 696 g/mol. The lowest BCUT2D eigenvalue weighted by molar-refractivity contribution is 0.395. The summed E-state index contributed by atoms with van der Waals surface area (Å²) in [5.41, 5.74) is 5.50. The van der Waals surface area contributed by atoms with E-state index in [4.69, 9.17) is 14.6 Å². The largest absolute Gasteiger partial charge is 0.497 e. The van der Waals surface area contributed by atoms with Crippen molar-refractivity contribution in [2.24, 2.45) is 5.14 Å². The Morgan fingerprint density at radius 2 is 0.917 bits per heavy atom. The van der Waals surface area contributed by atoms with Gasteiger partial charge in [0, 0.05) is 26.2 Å². The third-order valence-corrected chi connectivity index (χ3v) is 9.88. The van der Waals surface area contributed by atoms with Gasteiger partial charge in [0.1, 0.15) is 11.5 Å². The van der Waals surface area contributed by atoms with Crippen LogP contribution < -0.4 is 14.6 Å². The maximum absolute atomic E-state index is 13.8. The van der Waals surface area contributed by atoms with Crippen molar-refractivity contribution in [2.75, 3.05) is 42.4 Å². The first-order chi connectivity index (χ1) is 22.5. The number of ether oxygens (including phenoxy) is 2. The van der Waals surface area contributed by atoms with Gasteiger partial charge in [0.15, 0.2) is 0 Å². The van der Waals surface area contributed by atoms with Crippen LogP contribution >= 0.6 is 0 Å². The molecular weight excluding hydrogens is 649 g/mol. The van der Waals surface area contributed by atoms with E-state index in [1.807, 2.05) is 113 Å². The summed E-state index contributed by atoms with van der Waals surface area (Å²) in [4.78, 5) is 4.49. The molecule has 10 nitrogen and oxygen atoms in total. The second-order valence-corrected chi connectivity index (χ2v) is 15.8. The lowest BCUT2D eigenvalue weighted by Gasteiger charge is -2.24. The number of nitrogens with two attached hydrogens (primary N) is 1. The highest BCUT2D eigenvalue weighted by molar-refractivity contribution is 7.89. The third kappa shape index (κ3) is 11.7. The van der Waals surface area contributed by atoms with E-state index in [0.29, 0.717) is 18.0 Å². The first kappa shape index (κ1) is 38.7. The van der Waals surface area contributed by atoms with Crippen molar-refractivity contribution >= 4 is 20.0 Å². The highest BCUT2D eigenvalue weighted by Gasteiger charge is 2.26. The minimum Gasteiger partial charge on any atom is -0.497 e. The van der Waals surface area contributed by atoms with Crippen molar-refractivity contribution in [3.05, 3.63) is 118 Å². The van der Waals surface area contributed by atoms with Gasteiger partial charge >= 0.3 is 0 Å². The average molecular weight is 697 g/mol. The third-order valence-electron chi connectivity index (χ3n) is 7.22. The molecule has 0 bridgehead atoms. The minimum atomic E-state index is -3.76. The number of aryl methyl sites for hydroxylation is 2. The summed E-state index contributed by atoms with van der Waals surface area (Å²) < 4.78 is 62.1. The fourth-order valence-electron chi connectivity index (χ4n) is 5.12. The Balaban J connectivity index is 0.000000348. The van der Waals surface area contributed by atoms with Gasteiger partial charge in [-0.3, -0.25) is 0 Å². The van der Waals surface area contributed by atoms with Crippen molar-refractivity contribution in [1.29, 1.82) is 0 Å². The highest BCUT2D eigenvalue weighted by Crippen LogP contribution is 2.25. The maximum atomic E-state index is 13.8. The summed E-state index contributed by atoms with van der Waals surface area (Å²) in [7, 11) is 3.66. The molecule has 4 aromatic carbocycles. The predicted octanol–water partition coefficient (Wildman–Crippen LogP) is 5.17. The van der Waals surface area contributed by atoms with Crippen LogP contribution in [0, 0.1) is 13.8 Å². The van der Waals surface area contributed by atoms with E-state index in [1.54, 1.807) is 38.5 Å². The number of hydrogen-bond donors (Lipinski definition) is 1. The van der Waals surface area contributed by atoms with Gasteiger partial charge in [-0.25, -0.2) is 22.0 Å². The summed E-state index contributed by atoms with van der Waals surface area (Å²) in [6, 6.07) is 25.6. The van der Waals surface area contributed by atoms with Crippen LogP contribution in [0.4, 0.5) is 0 Å². The molecule has 2 N–H and O–H groups in total. The van der Waals surface area contributed by atoms with E-state index in [1.165, 1.54) is 4.31 Å². The molecule has 0 fully saturated rings. The topological polar surface area (TPSA) is 122 Å². The molecule has 0 aliphatic heterocycles. The number of benzene rings is 4. The number of sulfonamides is 2. The standard InChI is InChI=1S/C26H32N2O4S.C10H16N2O2S/c1-20-14-23(17-27(2)3)16-26(15-20)33(29,30)28(18-21-6-10-24(31-4)11-7-21)19-22-8-12-25(32-5)13-9-22;1-8-4-9(7-12(2)3)6-10(5-8)15(11,13)14/h6-16H,17-19H2,1-5H3;4-6H,7H2,1-3H3,(H2,11,13,14). The molecule has 0 spiro atoms. The zero-order valence-corrected chi connectivity index (χ0v) is 30.7. The Kier molecular flexibility index (Phi) is 13.7. The van der Waals surface area contributed by atoms with Gasteiger partial charge in [-0.15, -0.1) is 0 Å². The SMILES string of the molecule is COc1ccc(CN(Cc2ccc(OC)cc2)S(=O)(=O)c2cc(C)cc(CN(C)C)c2)cc1.Cc1cc(CN(C)C)cc(S(N)(=O)=O)c1. The molecule has 0 heterocycles. The molecule has 0 unspecified atom stereocenters. The van der Waals surface area contributed by atoms with Crippen molar-refractivity contribution in [1.82, 2.24) is 14.1 Å². The molecule has 260 valence electrons. The molecule has 4 rings (SSSR count). The molecule has 0 saturated carbocycles. The second-order valence-electron chi connectivity index (χ2n) is 12.3. The smallest absolute Gasteiger partial charge is 0.243 e. The van der Waals surface area contributed by atoms with Crippen molar-refractivity contribution in [2.45, 2.75) is 49.8 Å². The van der Waals surface area contributed by atoms with Gasteiger partial charge in [0.25, 0.3) is 0 Å². The molecule has 0 aliphatic carbocycles. The molecule has 48 heavy (non-hydrogen) atoms. The van der Waals surface area contributed by atoms with Gasteiger partial charge in [-0.05, 0) is 124 Å². The van der Waals surface area contributed by atoms with E-state index >= 15 is 0 Å². The van der Waals surface area contributed by atoms with Crippen LogP contribution in [0.2, 0.25) is 0 Å². The first-order valence-electron chi connectivity index (χ1n) is 15.3. The molecule has 4 aromatic rings. The zero-order valence-electron chi connectivity index (χ0n) is 29.1. The number of rotatable bonds is 13. The van der Waals surface area contributed by atoms with Crippen LogP contribution in [0.25, 0.3) is 0 Å². The van der Waals surface area contributed by atoms with Gasteiger partial charge in [-0.1, -0.05) is 36.4 Å². The number of methoxy groups -OCH3 is 2. The van der Waals surface area contributed by atoms with Gasteiger partial charge < -0.3 is 19.3 Å². The summed E-state index contributed by atoms with van der Waals surface area (Å²) in [5, 5.41) is 5.08. The van der Waals surface area contributed by atoms with Gasteiger partial charge in [0.05, 0.1) is 24.0 Å². The van der Waals surface area contributed by atoms with E-state index in [9.17, 15) is 16.8 Å². The van der Waals surface area contributed by atoms with E-state index in [2.05, 4.69) is 0 Å². The minimum absolute atomic E-state index is 0.180. The van der Waals surface area contributed by atoms with Crippen LogP contribution in [-0.2, 0) is 46.2 Å². The van der Waals surface area contributed by atoms with Gasteiger partial charge in [-0.2, -0.15) is 4.31 Å². The molecule has 0 amide bonds. The average Bonchev–Trinajstić information content (AvgIpc) is 3.00. The Labute approximate surface area is 286 Å². The molecule has 0 radical (unpaired) electrons. The molecule has 0 aromatic heterocycles. The van der Waals surface area contributed by atoms with Crippen molar-refractivity contribution in [3.8, 4) is 11.5 Å². The first-order valence-corrected chi connectivity index (χ1v) is 18.3. The fourth-order valence-corrected chi connectivity index (χ4v) is 7.36. The molecule has 0 saturated heterocycles. The summed E-state index contributed by atoms with van der Waals surface area (Å²) >= 11 is 0.